The number of amides is 1. The van der Waals surface area contributed by atoms with Gasteiger partial charge in [-0.05, 0) is 44.4 Å². The molecule has 1 aromatic rings. The predicted octanol–water partition coefficient (Wildman–Crippen LogP) is 3.53. The normalized spacial score (nSPS) is 22.8. The third kappa shape index (κ3) is 3.96. The Labute approximate surface area is 130 Å². The zero-order chi connectivity index (χ0) is 14.5. The van der Waals surface area contributed by atoms with Crippen LogP contribution in [0.25, 0.3) is 0 Å². The first-order chi connectivity index (χ1) is 9.63. The first kappa shape index (κ1) is 15.8. The second kappa shape index (κ2) is 7.43. The van der Waals surface area contributed by atoms with Gasteiger partial charge in [-0.3, -0.25) is 4.79 Å². The Morgan fingerprint density at radius 3 is 2.90 bits per heavy atom. The van der Waals surface area contributed by atoms with Crippen LogP contribution in [-0.2, 0) is 11.3 Å². The van der Waals surface area contributed by atoms with Gasteiger partial charge >= 0.3 is 0 Å². The molecule has 1 saturated heterocycles. The Kier molecular flexibility index (Phi) is 5.87. The van der Waals surface area contributed by atoms with E-state index in [1.54, 1.807) is 11.3 Å². The van der Waals surface area contributed by atoms with Crippen molar-refractivity contribution in [1.29, 1.82) is 0 Å². The van der Waals surface area contributed by atoms with Gasteiger partial charge in [0.25, 0.3) is 0 Å². The molecular formula is C15H23ClN2OS. The lowest BCUT2D eigenvalue weighted by atomic mass is 9.90. The molecule has 2 unspecified atom stereocenters. The highest BCUT2D eigenvalue weighted by molar-refractivity contribution is 7.16. The van der Waals surface area contributed by atoms with Gasteiger partial charge in [-0.1, -0.05) is 24.9 Å². The highest BCUT2D eigenvalue weighted by Crippen LogP contribution is 2.24. The average Bonchev–Trinajstić information content (AvgIpc) is 2.89. The van der Waals surface area contributed by atoms with Crippen LogP contribution in [0.15, 0.2) is 12.1 Å². The molecule has 5 heteroatoms. The van der Waals surface area contributed by atoms with E-state index in [9.17, 15) is 4.79 Å². The van der Waals surface area contributed by atoms with Crippen molar-refractivity contribution in [1.82, 2.24) is 10.2 Å². The molecule has 0 bridgehead atoms. The molecule has 1 aromatic heterocycles. The number of carbonyl (C=O) groups is 1. The van der Waals surface area contributed by atoms with Crippen molar-refractivity contribution in [2.45, 2.75) is 45.7 Å². The van der Waals surface area contributed by atoms with Crippen LogP contribution in [0, 0.1) is 5.92 Å². The summed E-state index contributed by atoms with van der Waals surface area (Å²) in [5.74, 6) is 0.912. The van der Waals surface area contributed by atoms with E-state index in [0.29, 0.717) is 12.5 Å². The van der Waals surface area contributed by atoms with Gasteiger partial charge in [0.1, 0.15) is 0 Å². The third-order valence-corrected chi connectivity index (χ3v) is 5.27. The molecule has 112 valence electrons. The Balaban J connectivity index is 1.97. The number of halogens is 1. The molecule has 0 saturated carbocycles. The van der Waals surface area contributed by atoms with E-state index >= 15 is 0 Å². The number of rotatable bonds is 5. The molecule has 1 N–H and O–H groups in total. The topological polar surface area (TPSA) is 32.3 Å². The second-order valence-corrected chi connectivity index (χ2v) is 7.16. The van der Waals surface area contributed by atoms with Gasteiger partial charge in [0.05, 0.1) is 16.9 Å². The Morgan fingerprint density at radius 1 is 1.50 bits per heavy atom. The third-order valence-electron chi connectivity index (χ3n) is 4.06. The van der Waals surface area contributed by atoms with E-state index in [2.05, 4.69) is 12.2 Å². The molecule has 20 heavy (non-hydrogen) atoms. The van der Waals surface area contributed by atoms with Crippen molar-refractivity contribution in [2.75, 3.05) is 13.1 Å². The molecule has 1 aliphatic heterocycles. The van der Waals surface area contributed by atoms with Crippen LogP contribution in [0.5, 0.6) is 0 Å². The highest BCUT2D eigenvalue weighted by Gasteiger charge is 2.28. The standard InChI is InChI=1S/C15H23ClN2OS/c1-3-11-7-8-17-13(9-11)15(19)18(4-2)10-12-5-6-14(16)20-12/h5-6,11,13,17H,3-4,7-10H2,1-2H3. The summed E-state index contributed by atoms with van der Waals surface area (Å²) in [6, 6.07) is 3.89. The lowest BCUT2D eigenvalue weighted by Crippen LogP contribution is -2.50. The van der Waals surface area contributed by atoms with E-state index in [4.69, 9.17) is 11.6 Å². The summed E-state index contributed by atoms with van der Waals surface area (Å²) in [4.78, 5) is 15.7. The van der Waals surface area contributed by atoms with Crippen LogP contribution in [0.2, 0.25) is 4.34 Å². The van der Waals surface area contributed by atoms with Gasteiger partial charge in [-0.15, -0.1) is 11.3 Å². The lowest BCUT2D eigenvalue weighted by molar-refractivity contribution is -0.134. The fourth-order valence-corrected chi connectivity index (χ4v) is 3.85. The zero-order valence-electron chi connectivity index (χ0n) is 12.2. The highest BCUT2D eigenvalue weighted by atomic mass is 35.5. The number of piperidine rings is 1. The molecule has 1 amide bonds. The first-order valence-electron chi connectivity index (χ1n) is 7.40. The number of thiophene rings is 1. The molecule has 3 nitrogen and oxygen atoms in total. The van der Waals surface area contributed by atoms with Crippen LogP contribution in [0.4, 0.5) is 0 Å². The molecule has 1 aliphatic rings. The molecular weight excluding hydrogens is 292 g/mol. The summed E-state index contributed by atoms with van der Waals surface area (Å²) in [6.45, 7) is 6.61. The average molecular weight is 315 g/mol. The minimum Gasteiger partial charge on any atom is -0.336 e. The predicted molar refractivity (Wildman–Crippen MR) is 85.2 cm³/mol. The van der Waals surface area contributed by atoms with Crippen molar-refractivity contribution in [3.8, 4) is 0 Å². The summed E-state index contributed by atoms with van der Waals surface area (Å²) in [5.41, 5.74) is 0. The largest absolute Gasteiger partial charge is 0.336 e. The van der Waals surface area contributed by atoms with E-state index in [1.807, 2.05) is 24.0 Å². The summed E-state index contributed by atoms with van der Waals surface area (Å²) < 4.78 is 0.783. The van der Waals surface area contributed by atoms with Crippen molar-refractivity contribution in [2.24, 2.45) is 5.92 Å². The molecule has 2 heterocycles. The monoisotopic (exact) mass is 314 g/mol. The van der Waals surface area contributed by atoms with Crippen LogP contribution in [0.1, 0.15) is 38.0 Å². The maximum atomic E-state index is 12.6. The summed E-state index contributed by atoms with van der Waals surface area (Å²) >= 11 is 7.51. The SMILES string of the molecule is CCC1CCNC(C(=O)N(CC)Cc2ccc(Cl)s2)C1. The number of carbonyl (C=O) groups excluding carboxylic acids is 1. The van der Waals surface area contributed by atoms with Crippen molar-refractivity contribution in [3.63, 3.8) is 0 Å². The fourth-order valence-electron chi connectivity index (χ4n) is 2.75. The maximum Gasteiger partial charge on any atom is 0.240 e. The number of nitrogens with zero attached hydrogens (tertiary/aromatic N) is 1. The van der Waals surface area contributed by atoms with E-state index in [1.165, 1.54) is 6.42 Å². The number of hydrogen-bond acceptors (Lipinski definition) is 3. The minimum atomic E-state index is -0.0101. The quantitative estimate of drug-likeness (QED) is 0.901. The van der Waals surface area contributed by atoms with Gasteiger partial charge in [-0.2, -0.15) is 0 Å². The van der Waals surface area contributed by atoms with Crippen molar-refractivity contribution in [3.05, 3.63) is 21.3 Å². The fraction of sp³-hybridized carbons (Fsp3) is 0.667. The van der Waals surface area contributed by atoms with E-state index in [0.717, 1.165) is 35.1 Å². The molecule has 0 aliphatic carbocycles. The maximum absolute atomic E-state index is 12.6. The van der Waals surface area contributed by atoms with Gasteiger partial charge in [0.2, 0.25) is 5.91 Å². The minimum absolute atomic E-state index is 0.0101. The summed E-state index contributed by atoms with van der Waals surface area (Å²) in [7, 11) is 0. The molecule has 0 aromatic carbocycles. The van der Waals surface area contributed by atoms with Gasteiger partial charge in [0, 0.05) is 11.4 Å². The molecule has 1 fully saturated rings. The van der Waals surface area contributed by atoms with Gasteiger partial charge in [0.15, 0.2) is 0 Å². The number of likely N-dealkylation sites (N-methyl/N-ethyl adjacent to an activating group) is 1. The lowest BCUT2D eigenvalue weighted by Gasteiger charge is -2.32. The first-order valence-corrected chi connectivity index (χ1v) is 8.59. The van der Waals surface area contributed by atoms with Crippen molar-refractivity contribution >= 4 is 28.8 Å². The number of nitrogens with one attached hydrogen (secondary N) is 1. The Bertz CT molecular complexity index is 449. The number of hydrogen-bond donors (Lipinski definition) is 1. The second-order valence-electron chi connectivity index (χ2n) is 5.36. The summed E-state index contributed by atoms with van der Waals surface area (Å²) in [6.07, 6.45) is 3.32. The van der Waals surface area contributed by atoms with Crippen LogP contribution in [0.3, 0.4) is 0 Å². The van der Waals surface area contributed by atoms with E-state index < -0.39 is 0 Å². The molecule has 2 rings (SSSR count). The molecule has 0 spiro atoms. The smallest absolute Gasteiger partial charge is 0.240 e. The van der Waals surface area contributed by atoms with Gasteiger partial charge in [-0.25, -0.2) is 0 Å². The zero-order valence-corrected chi connectivity index (χ0v) is 13.8. The Hall–Kier alpha value is -0.580. The molecule has 0 radical (unpaired) electrons. The van der Waals surface area contributed by atoms with E-state index in [-0.39, 0.29) is 11.9 Å². The Morgan fingerprint density at radius 2 is 2.30 bits per heavy atom. The van der Waals surface area contributed by atoms with Gasteiger partial charge < -0.3 is 10.2 Å². The van der Waals surface area contributed by atoms with Crippen LogP contribution >= 0.6 is 22.9 Å². The van der Waals surface area contributed by atoms with Crippen LogP contribution in [-0.4, -0.2) is 29.9 Å². The van der Waals surface area contributed by atoms with Crippen molar-refractivity contribution < 1.29 is 4.79 Å². The van der Waals surface area contributed by atoms with Crippen LogP contribution < -0.4 is 5.32 Å². The summed E-state index contributed by atoms with van der Waals surface area (Å²) in [5, 5.41) is 3.38. The molecule has 2 atom stereocenters.